The van der Waals surface area contributed by atoms with Crippen LogP contribution in [0, 0.1) is 5.92 Å². The Morgan fingerprint density at radius 3 is 2.85 bits per heavy atom. The van der Waals surface area contributed by atoms with Gasteiger partial charge in [0, 0.05) is 0 Å². The van der Waals surface area contributed by atoms with E-state index in [1.807, 2.05) is 12.1 Å². The molecule has 1 aromatic carbocycles. The van der Waals surface area contributed by atoms with Crippen LogP contribution in [0.5, 0.6) is 11.5 Å². The number of hydrogen-bond donors (Lipinski definition) is 2. The lowest BCUT2D eigenvalue weighted by Gasteiger charge is -2.23. The summed E-state index contributed by atoms with van der Waals surface area (Å²) >= 11 is 3.46. The first-order valence-corrected chi connectivity index (χ1v) is 7.56. The van der Waals surface area contributed by atoms with Crippen molar-refractivity contribution in [2.45, 2.75) is 18.9 Å². The Labute approximate surface area is 125 Å². The van der Waals surface area contributed by atoms with Gasteiger partial charge in [-0.3, -0.25) is 4.79 Å². The average Bonchev–Trinajstić information content (AvgIpc) is 3.23. The molecule has 3 N–H and O–H groups in total. The van der Waals surface area contributed by atoms with Crippen LogP contribution < -0.4 is 20.5 Å². The Morgan fingerprint density at radius 2 is 2.15 bits per heavy atom. The summed E-state index contributed by atoms with van der Waals surface area (Å²) in [5, 5.41) is 3.24. The number of nitrogens with one attached hydrogen (secondary N) is 1. The third-order valence-corrected chi connectivity index (χ3v) is 4.13. The van der Waals surface area contributed by atoms with Crippen LogP contribution in [-0.4, -0.2) is 25.7 Å². The zero-order valence-corrected chi connectivity index (χ0v) is 12.6. The van der Waals surface area contributed by atoms with Crippen LogP contribution in [0.25, 0.3) is 0 Å². The Morgan fingerprint density at radius 1 is 1.40 bits per heavy atom. The third-order valence-electron chi connectivity index (χ3n) is 3.54. The zero-order valence-electron chi connectivity index (χ0n) is 11.0. The van der Waals surface area contributed by atoms with Crippen molar-refractivity contribution < 1.29 is 14.3 Å². The molecule has 0 aromatic heterocycles. The van der Waals surface area contributed by atoms with Gasteiger partial charge >= 0.3 is 0 Å². The molecule has 108 valence electrons. The molecule has 20 heavy (non-hydrogen) atoms. The van der Waals surface area contributed by atoms with Crippen LogP contribution in [0.2, 0.25) is 0 Å². The van der Waals surface area contributed by atoms with Gasteiger partial charge in [0.2, 0.25) is 5.91 Å². The number of nitrogens with two attached hydrogens (primary N) is 1. The number of benzene rings is 1. The van der Waals surface area contributed by atoms with Crippen LogP contribution in [-0.2, 0) is 4.79 Å². The minimum atomic E-state index is -0.497. The van der Waals surface area contributed by atoms with Crippen molar-refractivity contribution in [2.24, 2.45) is 11.7 Å². The van der Waals surface area contributed by atoms with Gasteiger partial charge in [-0.15, -0.1) is 0 Å². The Kier molecular flexibility index (Phi) is 3.85. The molecule has 5 nitrogen and oxygen atoms in total. The number of carbonyl (C=O) groups is 1. The van der Waals surface area contributed by atoms with E-state index in [2.05, 4.69) is 21.2 Å². The predicted octanol–water partition coefficient (Wildman–Crippen LogP) is 1.75. The summed E-state index contributed by atoms with van der Waals surface area (Å²) < 4.78 is 11.9. The van der Waals surface area contributed by atoms with Gasteiger partial charge in [-0.1, -0.05) is 0 Å². The highest BCUT2D eigenvalue weighted by Gasteiger charge is 2.26. The molecule has 6 heteroatoms. The zero-order chi connectivity index (χ0) is 14.1. The molecular weight excluding hydrogens is 324 g/mol. The van der Waals surface area contributed by atoms with E-state index in [-0.39, 0.29) is 5.91 Å². The van der Waals surface area contributed by atoms with Gasteiger partial charge in [0.15, 0.2) is 11.5 Å². The number of fused-ring (bicyclic) bond motifs is 1. The number of amides is 1. The minimum absolute atomic E-state index is 0.380. The van der Waals surface area contributed by atoms with Crippen LogP contribution >= 0.6 is 15.9 Å². The van der Waals surface area contributed by atoms with Crippen molar-refractivity contribution in [3.8, 4) is 11.5 Å². The quantitative estimate of drug-likeness (QED) is 0.856. The lowest BCUT2D eigenvalue weighted by atomic mass is 10.1. The molecule has 0 saturated heterocycles. The molecule has 1 amide bonds. The van der Waals surface area contributed by atoms with Gasteiger partial charge in [0.05, 0.1) is 4.47 Å². The Balaban J connectivity index is 1.85. The van der Waals surface area contributed by atoms with Gasteiger partial charge in [0.25, 0.3) is 0 Å². The number of carbonyl (C=O) groups excluding carboxylic acids is 1. The molecule has 1 unspecified atom stereocenters. The molecule has 3 rings (SSSR count). The SMILES string of the molecule is NC(=O)C(NCC1CC1)c1cc(Br)c2c(c1)OCCO2. The van der Waals surface area contributed by atoms with E-state index in [9.17, 15) is 4.79 Å². The minimum Gasteiger partial charge on any atom is -0.486 e. The first-order chi connectivity index (χ1) is 9.65. The topological polar surface area (TPSA) is 73.6 Å². The standard InChI is InChI=1S/C14H17BrN2O3/c15-10-5-9(6-11-13(10)20-4-3-19-11)12(14(16)18)17-7-8-1-2-8/h5-6,8,12,17H,1-4,7H2,(H2,16,18). The fourth-order valence-electron chi connectivity index (χ4n) is 2.29. The van der Waals surface area contributed by atoms with Crippen molar-refractivity contribution in [3.05, 3.63) is 22.2 Å². The van der Waals surface area contributed by atoms with Gasteiger partial charge in [-0.25, -0.2) is 0 Å². The maximum atomic E-state index is 11.7. The normalized spacial score (nSPS) is 18.6. The molecule has 1 fully saturated rings. The van der Waals surface area contributed by atoms with E-state index in [4.69, 9.17) is 15.2 Å². The molecule has 1 heterocycles. The first-order valence-electron chi connectivity index (χ1n) is 6.77. The predicted molar refractivity (Wildman–Crippen MR) is 77.8 cm³/mol. The summed E-state index contributed by atoms with van der Waals surface area (Å²) in [7, 11) is 0. The number of halogens is 1. The monoisotopic (exact) mass is 340 g/mol. The van der Waals surface area contributed by atoms with Crippen molar-refractivity contribution in [1.82, 2.24) is 5.32 Å². The summed E-state index contributed by atoms with van der Waals surface area (Å²) in [5.41, 5.74) is 6.31. The smallest absolute Gasteiger partial charge is 0.239 e. The van der Waals surface area contributed by atoms with Gasteiger partial charge in [-0.2, -0.15) is 0 Å². The maximum absolute atomic E-state index is 11.7. The van der Waals surface area contributed by atoms with E-state index in [0.717, 1.165) is 16.6 Å². The first kappa shape index (κ1) is 13.7. The molecule has 0 radical (unpaired) electrons. The number of rotatable bonds is 5. The summed E-state index contributed by atoms with van der Waals surface area (Å²) in [4.78, 5) is 11.7. The highest BCUT2D eigenvalue weighted by atomic mass is 79.9. The molecule has 1 saturated carbocycles. The molecular formula is C14H17BrN2O3. The Bertz CT molecular complexity index is 531. The van der Waals surface area contributed by atoms with Crippen molar-refractivity contribution in [1.29, 1.82) is 0 Å². The second-order valence-corrected chi connectivity index (χ2v) is 6.07. The van der Waals surface area contributed by atoms with E-state index in [1.165, 1.54) is 12.8 Å². The van der Waals surface area contributed by atoms with E-state index in [0.29, 0.717) is 30.6 Å². The van der Waals surface area contributed by atoms with Crippen molar-refractivity contribution in [3.63, 3.8) is 0 Å². The third kappa shape index (κ3) is 2.91. The van der Waals surface area contributed by atoms with E-state index >= 15 is 0 Å². The molecule has 1 aliphatic carbocycles. The largest absolute Gasteiger partial charge is 0.486 e. The van der Waals surface area contributed by atoms with Crippen LogP contribution in [0.15, 0.2) is 16.6 Å². The average molecular weight is 341 g/mol. The van der Waals surface area contributed by atoms with Crippen LogP contribution in [0.3, 0.4) is 0 Å². The van der Waals surface area contributed by atoms with Gasteiger partial charge in [-0.05, 0) is 58.9 Å². The Hall–Kier alpha value is -1.27. The second kappa shape index (κ2) is 5.61. The highest BCUT2D eigenvalue weighted by molar-refractivity contribution is 9.10. The van der Waals surface area contributed by atoms with Gasteiger partial charge in [0.1, 0.15) is 19.3 Å². The molecule has 1 aromatic rings. The van der Waals surface area contributed by atoms with Crippen molar-refractivity contribution in [2.75, 3.05) is 19.8 Å². The number of primary amides is 1. The molecule has 1 atom stereocenters. The van der Waals surface area contributed by atoms with E-state index < -0.39 is 6.04 Å². The number of hydrogen-bond acceptors (Lipinski definition) is 4. The van der Waals surface area contributed by atoms with Crippen LogP contribution in [0.1, 0.15) is 24.4 Å². The molecule has 0 bridgehead atoms. The summed E-state index contributed by atoms with van der Waals surface area (Å²) in [5.74, 6) is 1.64. The molecule has 0 spiro atoms. The maximum Gasteiger partial charge on any atom is 0.239 e. The highest BCUT2D eigenvalue weighted by Crippen LogP contribution is 2.40. The van der Waals surface area contributed by atoms with E-state index in [1.54, 1.807) is 0 Å². The summed E-state index contributed by atoms with van der Waals surface area (Å²) in [6, 6.07) is 3.19. The van der Waals surface area contributed by atoms with Crippen molar-refractivity contribution >= 4 is 21.8 Å². The fourth-order valence-corrected chi connectivity index (χ4v) is 2.86. The molecule has 1 aliphatic heterocycles. The fraction of sp³-hybridized carbons (Fsp3) is 0.500. The number of ether oxygens (including phenoxy) is 2. The lowest BCUT2D eigenvalue weighted by molar-refractivity contribution is -0.120. The summed E-state index contributed by atoms with van der Waals surface area (Å²) in [6.07, 6.45) is 2.45. The summed E-state index contributed by atoms with van der Waals surface area (Å²) in [6.45, 7) is 1.86. The molecule has 2 aliphatic rings. The van der Waals surface area contributed by atoms with Crippen LogP contribution in [0.4, 0.5) is 0 Å². The van der Waals surface area contributed by atoms with Gasteiger partial charge < -0.3 is 20.5 Å². The lowest BCUT2D eigenvalue weighted by Crippen LogP contribution is -2.35. The second-order valence-electron chi connectivity index (χ2n) is 5.21.